The van der Waals surface area contributed by atoms with Crippen LogP contribution in [0.3, 0.4) is 0 Å². The minimum absolute atomic E-state index is 0.601. The molecule has 3 unspecified atom stereocenters. The molecule has 0 saturated carbocycles. The summed E-state index contributed by atoms with van der Waals surface area (Å²) in [5.74, 6) is 2.54. The van der Waals surface area contributed by atoms with E-state index in [0.717, 1.165) is 24.3 Å². The van der Waals surface area contributed by atoms with Gasteiger partial charge in [-0.2, -0.15) is 0 Å². The first kappa shape index (κ1) is 17.0. The zero-order valence-electron chi connectivity index (χ0n) is 14.1. The average molecular weight is 268 g/mol. The number of nitrogens with zero attached hydrogens (tertiary/aromatic N) is 1. The average Bonchev–Trinajstić information content (AvgIpc) is 2.60. The molecule has 2 nitrogen and oxygen atoms in total. The van der Waals surface area contributed by atoms with E-state index in [1.165, 1.54) is 32.4 Å². The van der Waals surface area contributed by atoms with E-state index >= 15 is 0 Å². The van der Waals surface area contributed by atoms with Crippen molar-refractivity contribution in [2.24, 2.45) is 17.8 Å². The summed E-state index contributed by atoms with van der Waals surface area (Å²) in [7, 11) is 0. The van der Waals surface area contributed by atoms with Gasteiger partial charge in [-0.3, -0.25) is 0 Å². The van der Waals surface area contributed by atoms with E-state index in [4.69, 9.17) is 0 Å². The molecule has 1 saturated heterocycles. The van der Waals surface area contributed by atoms with Crippen molar-refractivity contribution in [2.45, 2.75) is 72.9 Å². The molecule has 0 aromatic heterocycles. The standard InChI is InChI=1S/C17H36N2/c1-13(2)17-8-7-10-19(11-9-17)16(6)15(5)12-18-14(3)4/h13-18H,7-12H2,1-6H3. The number of likely N-dealkylation sites (tertiary alicyclic amines) is 1. The van der Waals surface area contributed by atoms with Crippen molar-refractivity contribution in [3.05, 3.63) is 0 Å². The first-order valence-electron chi connectivity index (χ1n) is 8.39. The number of hydrogen-bond acceptors (Lipinski definition) is 2. The number of rotatable bonds is 6. The van der Waals surface area contributed by atoms with Gasteiger partial charge in [0.05, 0.1) is 0 Å². The Kier molecular flexibility index (Phi) is 7.38. The van der Waals surface area contributed by atoms with Gasteiger partial charge in [-0.25, -0.2) is 0 Å². The molecule has 1 heterocycles. The third-order valence-corrected chi connectivity index (χ3v) is 5.00. The number of hydrogen-bond donors (Lipinski definition) is 1. The summed E-state index contributed by atoms with van der Waals surface area (Å²) in [6.07, 6.45) is 4.21. The second-order valence-electron chi connectivity index (χ2n) is 7.25. The third kappa shape index (κ3) is 5.83. The Labute approximate surface area is 121 Å². The molecule has 0 aromatic rings. The SMILES string of the molecule is CC(C)NCC(C)C(C)N1CCCC(C(C)C)CC1. The molecule has 2 heteroatoms. The van der Waals surface area contributed by atoms with Gasteiger partial charge >= 0.3 is 0 Å². The zero-order valence-corrected chi connectivity index (χ0v) is 14.1. The molecule has 0 bridgehead atoms. The van der Waals surface area contributed by atoms with E-state index in [1.807, 2.05) is 0 Å². The fourth-order valence-corrected chi connectivity index (χ4v) is 3.17. The highest BCUT2D eigenvalue weighted by atomic mass is 15.2. The van der Waals surface area contributed by atoms with Crippen molar-refractivity contribution in [3.8, 4) is 0 Å². The summed E-state index contributed by atoms with van der Waals surface area (Å²) in [5, 5.41) is 3.58. The van der Waals surface area contributed by atoms with E-state index in [2.05, 4.69) is 51.8 Å². The van der Waals surface area contributed by atoms with Gasteiger partial charge in [0.1, 0.15) is 0 Å². The van der Waals surface area contributed by atoms with Crippen molar-refractivity contribution in [1.29, 1.82) is 0 Å². The Bertz CT molecular complexity index is 237. The molecule has 19 heavy (non-hydrogen) atoms. The van der Waals surface area contributed by atoms with Gasteiger partial charge in [0, 0.05) is 12.1 Å². The lowest BCUT2D eigenvalue weighted by Gasteiger charge is -2.33. The lowest BCUT2D eigenvalue weighted by molar-refractivity contribution is 0.160. The quantitative estimate of drug-likeness (QED) is 0.789. The highest BCUT2D eigenvalue weighted by Crippen LogP contribution is 2.26. The largest absolute Gasteiger partial charge is 0.314 e. The maximum absolute atomic E-state index is 3.58. The molecule has 1 aliphatic heterocycles. The van der Waals surface area contributed by atoms with E-state index < -0.39 is 0 Å². The van der Waals surface area contributed by atoms with Crippen LogP contribution in [0, 0.1) is 17.8 Å². The minimum Gasteiger partial charge on any atom is -0.314 e. The normalized spacial score (nSPS) is 25.6. The first-order valence-corrected chi connectivity index (χ1v) is 8.39. The van der Waals surface area contributed by atoms with Crippen LogP contribution in [0.4, 0.5) is 0 Å². The fourth-order valence-electron chi connectivity index (χ4n) is 3.17. The molecule has 114 valence electrons. The molecule has 1 N–H and O–H groups in total. The van der Waals surface area contributed by atoms with Crippen molar-refractivity contribution in [3.63, 3.8) is 0 Å². The molecule has 1 rings (SSSR count). The maximum Gasteiger partial charge on any atom is 0.0105 e. The minimum atomic E-state index is 0.601. The molecule has 0 aromatic carbocycles. The topological polar surface area (TPSA) is 15.3 Å². The predicted molar refractivity (Wildman–Crippen MR) is 85.5 cm³/mol. The van der Waals surface area contributed by atoms with Crippen LogP contribution in [0.15, 0.2) is 0 Å². The third-order valence-electron chi connectivity index (χ3n) is 5.00. The van der Waals surface area contributed by atoms with Crippen LogP contribution >= 0.6 is 0 Å². The molecule has 1 aliphatic rings. The Balaban J connectivity index is 2.41. The Hall–Kier alpha value is -0.0800. The lowest BCUT2D eigenvalue weighted by Crippen LogP contribution is -2.42. The van der Waals surface area contributed by atoms with Crippen LogP contribution in [0.25, 0.3) is 0 Å². The molecule has 0 spiro atoms. The second kappa shape index (κ2) is 8.26. The summed E-state index contributed by atoms with van der Waals surface area (Å²) < 4.78 is 0. The zero-order chi connectivity index (χ0) is 14.4. The number of nitrogens with one attached hydrogen (secondary N) is 1. The molecule has 0 aliphatic carbocycles. The molecule has 0 radical (unpaired) electrons. The van der Waals surface area contributed by atoms with E-state index in [-0.39, 0.29) is 0 Å². The predicted octanol–water partition coefficient (Wildman–Crippen LogP) is 3.77. The van der Waals surface area contributed by atoms with E-state index in [1.54, 1.807) is 0 Å². The van der Waals surface area contributed by atoms with Crippen LogP contribution in [0.5, 0.6) is 0 Å². The maximum atomic E-state index is 3.58. The van der Waals surface area contributed by atoms with Crippen molar-refractivity contribution < 1.29 is 0 Å². The summed E-state index contributed by atoms with van der Waals surface area (Å²) >= 11 is 0. The molecular weight excluding hydrogens is 232 g/mol. The summed E-state index contributed by atoms with van der Waals surface area (Å²) in [5.41, 5.74) is 0. The highest BCUT2D eigenvalue weighted by Gasteiger charge is 2.24. The Morgan fingerprint density at radius 3 is 2.26 bits per heavy atom. The van der Waals surface area contributed by atoms with Gasteiger partial charge in [-0.1, -0.05) is 34.6 Å². The van der Waals surface area contributed by atoms with Crippen molar-refractivity contribution in [2.75, 3.05) is 19.6 Å². The second-order valence-corrected chi connectivity index (χ2v) is 7.25. The van der Waals surface area contributed by atoms with Gasteiger partial charge in [0.2, 0.25) is 0 Å². The van der Waals surface area contributed by atoms with Crippen LogP contribution < -0.4 is 5.32 Å². The highest BCUT2D eigenvalue weighted by molar-refractivity contribution is 4.79. The Morgan fingerprint density at radius 1 is 1.00 bits per heavy atom. The molecule has 3 atom stereocenters. The molecular formula is C17H36N2. The van der Waals surface area contributed by atoms with E-state index in [0.29, 0.717) is 12.1 Å². The van der Waals surface area contributed by atoms with Crippen molar-refractivity contribution in [1.82, 2.24) is 10.2 Å². The van der Waals surface area contributed by atoms with Crippen LogP contribution in [0.2, 0.25) is 0 Å². The van der Waals surface area contributed by atoms with Gasteiger partial charge in [0.25, 0.3) is 0 Å². The van der Waals surface area contributed by atoms with Gasteiger partial charge in [0.15, 0.2) is 0 Å². The lowest BCUT2D eigenvalue weighted by atomic mass is 9.89. The van der Waals surface area contributed by atoms with Crippen LogP contribution in [-0.4, -0.2) is 36.6 Å². The van der Waals surface area contributed by atoms with Crippen LogP contribution in [0.1, 0.15) is 60.8 Å². The first-order chi connectivity index (χ1) is 8.91. The van der Waals surface area contributed by atoms with E-state index in [9.17, 15) is 0 Å². The Morgan fingerprint density at radius 2 is 1.68 bits per heavy atom. The van der Waals surface area contributed by atoms with Crippen molar-refractivity contribution >= 4 is 0 Å². The smallest absolute Gasteiger partial charge is 0.0105 e. The fraction of sp³-hybridized carbons (Fsp3) is 1.00. The van der Waals surface area contributed by atoms with Gasteiger partial charge < -0.3 is 10.2 Å². The monoisotopic (exact) mass is 268 g/mol. The van der Waals surface area contributed by atoms with Gasteiger partial charge in [-0.05, 0) is 63.6 Å². The van der Waals surface area contributed by atoms with Crippen LogP contribution in [-0.2, 0) is 0 Å². The molecule has 1 fully saturated rings. The van der Waals surface area contributed by atoms with Gasteiger partial charge in [-0.15, -0.1) is 0 Å². The summed E-state index contributed by atoms with van der Waals surface area (Å²) in [4.78, 5) is 2.73. The summed E-state index contributed by atoms with van der Waals surface area (Å²) in [6.45, 7) is 17.8. The molecule has 0 amide bonds. The summed E-state index contributed by atoms with van der Waals surface area (Å²) in [6, 6.07) is 1.31.